The maximum Gasteiger partial charge on any atom is 0.308 e. The van der Waals surface area contributed by atoms with Crippen molar-refractivity contribution in [2.75, 3.05) is 20.1 Å². The summed E-state index contributed by atoms with van der Waals surface area (Å²) in [6.45, 7) is 5.49. The van der Waals surface area contributed by atoms with Gasteiger partial charge in [0.05, 0.1) is 6.04 Å². The second-order valence-corrected chi connectivity index (χ2v) is 12.5. The largest absolute Gasteiger partial charge is 0.504 e. The van der Waals surface area contributed by atoms with Crippen molar-refractivity contribution in [3.05, 3.63) is 52.6 Å². The van der Waals surface area contributed by atoms with Crippen LogP contribution in [-0.2, 0) is 21.4 Å². The number of likely N-dealkylation sites (tertiary alicyclic amines) is 1. The molecule has 2 heterocycles. The number of hydrogen-bond donors (Lipinski definition) is 1. The fraction of sp³-hybridized carbons (Fsp3) is 0.515. The Kier molecular flexibility index (Phi) is 5.90. The highest BCUT2D eigenvalue weighted by Gasteiger charge is 2.67. The summed E-state index contributed by atoms with van der Waals surface area (Å²) in [7, 11) is 1.83. The number of rotatable bonds is 4. The molecule has 5 aliphatic rings. The van der Waals surface area contributed by atoms with E-state index < -0.39 is 5.97 Å². The molecule has 7 heteroatoms. The number of likely N-dealkylation sites (N-methyl/N-ethyl adjacent to an activating group) is 1. The van der Waals surface area contributed by atoms with Crippen LogP contribution in [0.25, 0.3) is 0 Å². The average molecular weight is 541 g/mol. The van der Waals surface area contributed by atoms with Gasteiger partial charge in [0.15, 0.2) is 11.5 Å². The molecule has 0 unspecified atom stereocenters. The van der Waals surface area contributed by atoms with Crippen molar-refractivity contribution in [1.82, 2.24) is 9.80 Å². The molecule has 3 fully saturated rings. The molecule has 2 aromatic carbocycles. The zero-order valence-electron chi connectivity index (χ0n) is 23.4. The van der Waals surface area contributed by atoms with E-state index in [4.69, 9.17) is 9.47 Å². The topological polar surface area (TPSA) is 79.3 Å². The van der Waals surface area contributed by atoms with Crippen molar-refractivity contribution in [2.24, 2.45) is 11.8 Å². The number of ether oxygens (including phenoxy) is 2. The van der Waals surface area contributed by atoms with E-state index >= 15 is 0 Å². The van der Waals surface area contributed by atoms with Gasteiger partial charge in [0, 0.05) is 60.7 Å². The number of aryl methyl sites for hydroxylation is 1. The van der Waals surface area contributed by atoms with Gasteiger partial charge in [-0.2, -0.15) is 0 Å². The SMILES string of the molecule is CC(=O)Oc1cc(O)c2c3c1C[C@@H]1[C@@H]4CC[C@@H](N(C)C(=O)C#Cc5cccc(C)c5)[C@H](O2)[C@]34CCN1CC1CC1. The molecular weight excluding hydrogens is 504 g/mol. The van der Waals surface area contributed by atoms with Gasteiger partial charge in [-0.15, -0.1) is 0 Å². The van der Waals surface area contributed by atoms with E-state index in [1.54, 1.807) is 11.0 Å². The van der Waals surface area contributed by atoms with E-state index in [-0.39, 0.29) is 29.2 Å². The second kappa shape index (κ2) is 9.27. The number of piperidine rings is 1. The lowest BCUT2D eigenvalue weighted by Gasteiger charge is -2.60. The van der Waals surface area contributed by atoms with Gasteiger partial charge in [0.25, 0.3) is 5.91 Å². The average Bonchev–Trinajstić information content (AvgIpc) is 3.67. The van der Waals surface area contributed by atoms with Crippen molar-refractivity contribution in [2.45, 2.75) is 76.0 Å². The number of phenols is 1. The minimum atomic E-state index is -0.398. The van der Waals surface area contributed by atoms with Gasteiger partial charge in [-0.05, 0) is 81.5 Å². The van der Waals surface area contributed by atoms with E-state index in [1.807, 2.05) is 38.2 Å². The number of nitrogens with zero attached hydrogens (tertiary/aromatic N) is 2. The van der Waals surface area contributed by atoms with E-state index in [1.165, 1.54) is 19.8 Å². The number of amides is 1. The number of carbonyl (C=O) groups is 2. The number of aromatic hydroxyl groups is 1. The van der Waals surface area contributed by atoms with Gasteiger partial charge < -0.3 is 19.5 Å². The van der Waals surface area contributed by atoms with Crippen LogP contribution in [0.3, 0.4) is 0 Å². The third-order valence-electron chi connectivity index (χ3n) is 10.1. The Morgan fingerprint density at radius 3 is 2.80 bits per heavy atom. The zero-order valence-corrected chi connectivity index (χ0v) is 23.4. The number of esters is 1. The lowest BCUT2D eigenvalue weighted by atomic mass is 9.50. The first-order valence-corrected chi connectivity index (χ1v) is 14.6. The van der Waals surface area contributed by atoms with E-state index in [2.05, 4.69) is 16.7 Å². The molecule has 1 saturated heterocycles. The summed E-state index contributed by atoms with van der Waals surface area (Å²) < 4.78 is 12.4. The van der Waals surface area contributed by atoms with Gasteiger partial charge in [0.2, 0.25) is 0 Å². The molecule has 208 valence electrons. The van der Waals surface area contributed by atoms with Crippen LogP contribution < -0.4 is 9.47 Å². The van der Waals surface area contributed by atoms with Crippen LogP contribution >= 0.6 is 0 Å². The van der Waals surface area contributed by atoms with E-state index in [9.17, 15) is 14.7 Å². The Morgan fingerprint density at radius 1 is 1.23 bits per heavy atom. The molecule has 7 rings (SSSR count). The summed E-state index contributed by atoms with van der Waals surface area (Å²) in [6, 6.07) is 9.53. The minimum Gasteiger partial charge on any atom is -0.504 e. The fourth-order valence-corrected chi connectivity index (χ4v) is 8.24. The zero-order chi connectivity index (χ0) is 27.8. The van der Waals surface area contributed by atoms with Crippen molar-refractivity contribution >= 4 is 11.9 Å². The Bertz CT molecular complexity index is 1470. The first kappa shape index (κ1) is 25.5. The summed E-state index contributed by atoms with van der Waals surface area (Å²) in [5, 5.41) is 11.1. The molecule has 2 aromatic rings. The smallest absolute Gasteiger partial charge is 0.308 e. The number of hydrogen-bond acceptors (Lipinski definition) is 6. The molecule has 0 aromatic heterocycles. The van der Waals surface area contributed by atoms with Crippen LogP contribution in [0.2, 0.25) is 0 Å². The van der Waals surface area contributed by atoms with Gasteiger partial charge in [-0.3, -0.25) is 14.5 Å². The number of benzene rings is 2. The van der Waals surface area contributed by atoms with Crippen LogP contribution in [0.5, 0.6) is 17.2 Å². The normalized spacial score (nSPS) is 29.5. The maximum atomic E-state index is 13.4. The monoisotopic (exact) mass is 540 g/mol. The summed E-state index contributed by atoms with van der Waals surface area (Å²) in [4.78, 5) is 29.9. The van der Waals surface area contributed by atoms with Crippen LogP contribution in [0.15, 0.2) is 30.3 Å². The van der Waals surface area contributed by atoms with Gasteiger partial charge >= 0.3 is 5.97 Å². The molecule has 40 heavy (non-hydrogen) atoms. The number of phenolic OH excluding ortho intramolecular Hbond substituents is 1. The molecule has 2 saturated carbocycles. The van der Waals surface area contributed by atoms with Crippen LogP contribution in [0, 0.1) is 30.6 Å². The fourth-order valence-electron chi connectivity index (χ4n) is 8.24. The second-order valence-electron chi connectivity index (χ2n) is 12.5. The highest BCUT2D eigenvalue weighted by atomic mass is 16.5. The van der Waals surface area contributed by atoms with Crippen LogP contribution in [-0.4, -0.2) is 65.1 Å². The Balaban J connectivity index is 1.27. The van der Waals surface area contributed by atoms with Crippen molar-refractivity contribution < 1.29 is 24.2 Å². The van der Waals surface area contributed by atoms with Crippen molar-refractivity contribution in [3.63, 3.8) is 0 Å². The molecule has 0 radical (unpaired) electrons. The molecule has 7 nitrogen and oxygen atoms in total. The van der Waals surface area contributed by atoms with Crippen molar-refractivity contribution in [1.29, 1.82) is 0 Å². The molecular formula is C33H36N2O5. The minimum absolute atomic E-state index is 0.00311. The predicted octanol–water partition coefficient (Wildman–Crippen LogP) is 3.95. The summed E-state index contributed by atoms with van der Waals surface area (Å²) >= 11 is 0. The highest BCUT2D eigenvalue weighted by Crippen LogP contribution is 2.65. The quantitative estimate of drug-likeness (QED) is 0.360. The van der Waals surface area contributed by atoms with Gasteiger partial charge in [0.1, 0.15) is 11.9 Å². The lowest BCUT2D eigenvalue weighted by molar-refractivity contribution is -0.135. The molecule has 5 atom stereocenters. The Hall–Kier alpha value is -3.50. The summed E-state index contributed by atoms with van der Waals surface area (Å²) in [5.41, 5.74) is 3.58. The molecule has 1 amide bonds. The van der Waals surface area contributed by atoms with E-state index in [0.717, 1.165) is 66.9 Å². The standard InChI is InChI=1S/C33H36N2O5/c1-19-5-4-6-21(15-19)9-12-29(38)34(3)25-11-10-24-26-16-23-28(39-20(2)36)17-27(37)31-30(23)33(24,32(25)40-31)13-14-35(26)18-22-7-8-22/h4-6,15,17,22,24-26,32,37H,7-8,10-11,13-14,16,18H2,1-3H3/t24-,25+,26+,32-,33-/m0/s1. The third kappa shape index (κ3) is 3.91. The molecule has 2 aliphatic heterocycles. The van der Waals surface area contributed by atoms with Crippen LogP contribution in [0.4, 0.5) is 0 Å². The third-order valence-corrected chi connectivity index (χ3v) is 10.1. The first-order chi connectivity index (χ1) is 19.3. The highest BCUT2D eigenvalue weighted by molar-refractivity contribution is 5.94. The lowest BCUT2D eigenvalue weighted by Crippen LogP contribution is -2.69. The first-order valence-electron chi connectivity index (χ1n) is 14.6. The summed E-state index contributed by atoms with van der Waals surface area (Å²) in [5.74, 6) is 7.35. The molecule has 1 N–H and O–H groups in total. The Morgan fingerprint density at radius 2 is 2.05 bits per heavy atom. The number of carbonyl (C=O) groups excluding carboxylic acids is 2. The summed E-state index contributed by atoms with van der Waals surface area (Å²) in [6.07, 6.45) is 5.77. The van der Waals surface area contributed by atoms with Gasteiger partial charge in [-0.1, -0.05) is 18.1 Å². The molecule has 3 aliphatic carbocycles. The van der Waals surface area contributed by atoms with Gasteiger partial charge in [-0.25, -0.2) is 0 Å². The molecule has 2 bridgehead atoms. The Labute approximate surface area is 235 Å². The van der Waals surface area contributed by atoms with Crippen LogP contribution in [0.1, 0.15) is 61.3 Å². The van der Waals surface area contributed by atoms with E-state index in [0.29, 0.717) is 23.5 Å². The molecule has 1 spiro atoms. The van der Waals surface area contributed by atoms with Crippen molar-refractivity contribution in [3.8, 4) is 29.1 Å². The maximum absolute atomic E-state index is 13.4. The predicted molar refractivity (Wildman–Crippen MR) is 149 cm³/mol.